The van der Waals surface area contributed by atoms with Crippen LogP contribution < -0.4 is 10.6 Å². The number of nitrogens with zero attached hydrogens (tertiary/aromatic N) is 1. The smallest absolute Gasteiger partial charge is 0.354 e. The number of aryl methyl sites for hydroxylation is 1. The van der Waals surface area contributed by atoms with Gasteiger partial charge in [-0.05, 0) is 24.0 Å². The Morgan fingerprint density at radius 2 is 2.00 bits per heavy atom. The summed E-state index contributed by atoms with van der Waals surface area (Å²) >= 11 is 0. The van der Waals surface area contributed by atoms with Crippen LogP contribution >= 0.6 is 0 Å². The molecule has 4 nitrogen and oxygen atoms in total. The molecule has 2 unspecified atom stereocenters. The highest BCUT2D eigenvalue weighted by Gasteiger charge is 2.44. The average molecular weight is 341 g/mol. The highest BCUT2D eigenvalue weighted by Crippen LogP contribution is 2.33. The molecule has 1 aliphatic heterocycles. The van der Waals surface area contributed by atoms with Gasteiger partial charge >= 0.3 is 6.18 Å². The molecule has 0 saturated carbocycles. The number of alkyl halides is 3. The Kier molecular flexibility index (Phi) is 5.10. The summed E-state index contributed by atoms with van der Waals surface area (Å²) in [6.07, 6.45) is -2.89. The molecule has 24 heavy (non-hydrogen) atoms. The lowest BCUT2D eigenvalue weighted by Crippen LogP contribution is -2.57. The van der Waals surface area contributed by atoms with Crippen molar-refractivity contribution in [3.63, 3.8) is 0 Å². The fourth-order valence-corrected chi connectivity index (χ4v) is 3.60. The SMILES string of the molecule is O=C(NCC(N1CCNCC1)C(F)(F)F)C1CCc2ccccc21. The van der Waals surface area contributed by atoms with E-state index in [-0.39, 0.29) is 18.4 Å². The number of hydrogen-bond acceptors (Lipinski definition) is 3. The summed E-state index contributed by atoms with van der Waals surface area (Å²) < 4.78 is 40.1. The van der Waals surface area contributed by atoms with E-state index >= 15 is 0 Å². The lowest BCUT2D eigenvalue weighted by atomic mass is 10.0. The first kappa shape index (κ1) is 17.2. The van der Waals surface area contributed by atoms with Gasteiger partial charge in [0.25, 0.3) is 0 Å². The van der Waals surface area contributed by atoms with E-state index in [0.29, 0.717) is 32.6 Å². The summed E-state index contributed by atoms with van der Waals surface area (Å²) in [4.78, 5) is 13.8. The monoisotopic (exact) mass is 341 g/mol. The van der Waals surface area contributed by atoms with Crippen molar-refractivity contribution in [1.82, 2.24) is 15.5 Å². The Balaban J connectivity index is 1.63. The summed E-state index contributed by atoms with van der Waals surface area (Å²) in [6.45, 7) is 1.37. The van der Waals surface area contributed by atoms with Crippen LogP contribution in [0.2, 0.25) is 0 Å². The number of amides is 1. The average Bonchev–Trinajstić information content (AvgIpc) is 2.99. The minimum absolute atomic E-state index is 0.302. The Morgan fingerprint density at radius 1 is 1.29 bits per heavy atom. The van der Waals surface area contributed by atoms with Gasteiger partial charge in [-0.3, -0.25) is 9.69 Å². The quantitative estimate of drug-likeness (QED) is 0.876. The second-order valence-electron chi connectivity index (χ2n) is 6.38. The molecule has 0 radical (unpaired) electrons. The molecule has 3 rings (SSSR count). The molecule has 7 heteroatoms. The first-order valence-electron chi connectivity index (χ1n) is 8.34. The number of fused-ring (bicyclic) bond motifs is 1. The largest absolute Gasteiger partial charge is 0.405 e. The van der Waals surface area contributed by atoms with E-state index in [9.17, 15) is 18.0 Å². The third-order valence-corrected chi connectivity index (χ3v) is 4.89. The van der Waals surface area contributed by atoms with Crippen LogP contribution in [0.3, 0.4) is 0 Å². The Bertz CT molecular complexity index is 585. The van der Waals surface area contributed by atoms with Gasteiger partial charge in [0.1, 0.15) is 6.04 Å². The number of rotatable bonds is 4. The molecule has 0 aromatic heterocycles. The molecule has 2 aliphatic rings. The Labute approximate surface area is 139 Å². The number of nitrogens with one attached hydrogen (secondary N) is 2. The van der Waals surface area contributed by atoms with Crippen molar-refractivity contribution in [3.8, 4) is 0 Å². The number of benzene rings is 1. The maximum Gasteiger partial charge on any atom is 0.405 e. The highest BCUT2D eigenvalue weighted by molar-refractivity contribution is 5.84. The first-order valence-corrected chi connectivity index (χ1v) is 8.34. The van der Waals surface area contributed by atoms with Gasteiger partial charge in [0.2, 0.25) is 5.91 Å². The molecular weight excluding hydrogens is 319 g/mol. The number of carbonyl (C=O) groups excluding carboxylic acids is 1. The summed E-state index contributed by atoms with van der Waals surface area (Å²) in [5.41, 5.74) is 2.06. The van der Waals surface area contributed by atoms with Crippen molar-refractivity contribution in [2.45, 2.75) is 31.0 Å². The van der Waals surface area contributed by atoms with Crippen molar-refractivity contribution in [1.29, 1.82) is 0 Å². The fraction of sp³-hybridized carbons (Fsp3) is 0.588. The van der Waals surface area contributed by atoms with E-state index in [2.05, 4.69) is 10.6 Å². The van der Waals surface area contributed by atoms with Crippen LogP contribution in [-0.2, 0) is 11.2 Å². The number of halogens is 3. The zero-order chi connectivity index (χ0) is 17.2. The van der Waals surface area contributed by atoms with Crippen molar-refractivity contribution < 1.29 is 18.0 Å². The molecule has 1 amide bonds. The van der Waals surface area contributed by atoms with Gasteiger partial charge in [0.15, 0.2) is 0 Å². The zero-order valence-corrected chi connectivity index (χ0v) is 13.4. The molecule has 1 aromatic carbocycles. The number of piperazine rings is 1. The first-order chi connectivity index (χ1) is 11.5. The van der Waals surface area contributed by atoms with Gasteiger partial charge in [-0.1, -0.05) is 24.3 Å². The van der Waals surface area contributed by atoms with Gasteiger partial charge < -0.3 is 10.6 Å². The number of hydrogen-bond donors (Lipinski definition) is 2. The predicted molar refractivity (Wildman–Crippen MR) is 84.8 cm³/mol. The topological polar surface area (TPSA) is 44.4 Å². The predicted octanol–water partition coefficient (Wildman–Crippen LogP) is 1.67. The molecule has 0 spiro atoms. The maximum absolute atomic E-state index is 13.4. The highest BCUT2D eigenvalue weighted by atomic mass is 19.4. The minimum atomic E-state index is -4.35. The van der Waals surface area contributed by atoms with Crippen molar-refractivity contribution in [2.75, 3.05) is 32.7 Å². The van der Waals surface area contributed by atoms with Crippen LogP contribution in [-0.4, -0.2) is 55.7 Å². The molecule has 132 valence electrons. The molecule has 1 aliphatic carbocycles. The molecule has 1 saturated heterocycles. The molecule has 0 bridgehead atoms. The lowest BCUT2D eigenvalue weighted by Gasteiger charge is -2.36. The second kappa shape index (κ2) is 7.11. The fourth-order valence-electron chi connectivity index (χ4n) is 3.60. The second-order valence-corrected chi connectivity index (χ2v) is 6.38. The van der Waals surface area contributed by atoms with Crippen molar-refractivity contribution in [3.05, 3.63) is 35.4 Å². The number of carbonyl (C=O) groups is 1. The van der Waals surface area contributed by atoms with Gasteiger partial charge in [-0.2, -0.15) is 13.2 Å². The lowest BCUT2D eigenvalue weighted by molar-refractivity contribution is -0.184. The third kappa shape index (κ3) is 3.72. The van der Waals surface area contributed by atoms with E-state index in [4.69, 9.17) is 0 Å². The zero-order valence-electron chi connectivity index (χ0n) is 13.4. The maximum atomic E-state index is 13.4. The van der Waals surface area contributed by atoms with E-state index in [1.165, 1.54) is 4.90 Å². The molecule has 2 atom stereocenters. The summed E-state index contributed by atoms with van der Waals surface area (Å²) in [7, 11) is 0. The standard InChI is InChI=1S/C17H22F3N3O/c18-17(19,20)15(23-9-7-21-8-10-23)11-22-16(24)14-6-5-12-3-1-2-4-13(12)14/h1-4,14-15,21H,5-11H2,(H,22,24). The summed E-state index contributed by atoms with van der Waals surface area (Å²) in [5, 5.41) is 5.59. The van der Waals surface area contributed by atoms with Crippen molar-refractivity contribution >= 4 is 5.91 Å². The van der Waals surface area contributed by atoms with Gasteiger partial charge in [-0.25, -0.2) is 0 Å². The van der Waals surface area contributed by atoms with E-state index < -0.39 is 12.2 Å². The van der Waals surface area contributed by atoms with Crippen LogP contribution in [0.15, 0.2) is 24.3 Å². The minimum Gasteiger partial charge on any atom is -0.354 e. The third-order valence-electron chi connectivity index (χ3n) is 4.89. The van der Waals surface area contributed by atoms with E-state index in [1.807, 2.05) is 24.3 Å². The Hall–Kier alpha value is -1.60. The van der Waals surface area contributed by atoms with Gasteiger partial charge in [0.05, 0.1) is 5.92 Å². The van der Waals surface area contributed by atoms with Crippen LogP contribution in [0.1, 0.15) is 23.5 Å². The van der Waals surface area contributed by atoms with Crippen LogP contribution in [0.25, 0.3) is 0 Å². The summed E-state index contributed by atoms with van der Waals surface area (Å²) in [6, 6.07) is 6.03. The van der Waals surface area contributed by atoms with Gasteiger partial charge in [-0.15, -0.1) is 0 Å². The molecule has 1 heterocycles. The van der Waals surface area contributed by atoms with E-state index in [0.717, 1.165) is 17.5 Å². The summed E-state index contributed by atoms with van der Waals surface area (Å²) in [5.74, 6) is -0.637. The van der Waals surface area contributed by atoms with Crippen LogP contribution in [0.4, 0.5) is 13.2 Å². The van der Waals surface area contributed by atoms with E-state index in [1.54, 1.807) is 0 Å². The van der Waals surface area contributed by atoms with Crippen molar-refractivity contribution in [2.24, 2.45) is 0 Å². The molecular formula is C17H22F3N3O. The normalized spacial score (nSPS) is 22.9. The molecule has 1 fully saturated rings. The van der Waals surface area contributed by atoms with Gasteiger partial charge in [0, 0.05) is 32.7 Å². The Morgan fingerprint density at radius 3 is 2.71 bits per heavy atom. The molecule has 1 aromatic rings. The van der Waals surface area contributed by atoms with Crippen LogP contribution in [0.5, 0.6) is 0 Å². The molecule has 2 N–H and O–H groups in total. The van der Waals surface area contributed by atoms with Crippen LogP contribution in [0, 0.1) is 0 Å².